The third kappa shape index (κ3) is 7.64. The summed E-state index contributed by atoms with van der Waals surface area (Å²) in [6, 6.07) is 10.5. The van der Waals surface area contributed by atoms with Crippen LogP contribution in [-0.2, 0) is 18.3 Å². The molecular formula is C22H36IN7O. The van der Waals surface area contributed by atoms with E-state index in [1.165, 1.54) is 5.69 Å². The minimum Gasteiger partial charge on any atom is -0.381 e. The van der Waals surface area contributed by atoms with Crippen molar-refractivity contribution in [2.24, 2.45) is 18.0 Å². The second kappa shape index (κ2) is 12.8. The zero-order valence-corrected chi connectivity index (χ0v) is 21.5. The second-order valence-corrected chi connectivity index (χ2v) is 8.01. The Kier molecular flexibility index (Phi) is 10.5. The molecule has 1 aromatic carbocycles. The summed E-state index contributed by atoms with van der Waals surface area (Å²) in [6.45, 7) is 6.94. The quantitative estimate of drug-likeness (QED) is 0.228. The summed E-state index contributed by atoms with van der Waals surface area (Å²) < 4.78 is 7.53. The number of guanidine groups is 1. The Hall–Kier alpha value is -1.88. The molecule has 2 heterocycles. The third-order valence-electron chi connectivity index (χ3n) is 5.62. The van der Waals surface area contributed by atoms with Crippen molar-refractivity contribution < 1.29 is 4.74 Å². The number of nitrogens with zero attached hydrogens (tertiary/aromatic N) is 6. The van der Waals surface area contributed by atoms with E-state index in [1.54, 1.807) is 0 Å². The van der Waals surface area contributed by atoms with Crippen molar-refractivity contribution in [3.05, 3.63) is 42.0 Å². The number of aromatic nitrogens is 3. The van der Waals surface area contributed by atoms with E-state index in [1.807, 2.05) is 24.6 Å². The number of aliphatic imine (C=N–C) groups is 1. The summed E-state index contributed by atoms with van der Waals surface area (Å²) in [5.74, 6) is 3.23. The smallest absolute Gasteiger partial charge is 0.194 e. The van der Waals surface area contributed by atoms with Crippen LogP contribution in [0.25, 0.3) is 0 Å². The first-order valence-corrected chi connectivity index (χ1v) is 10.7. The number of aryl methyl sites for hydroxylation is 1. The van der Waals surface area contributed by atoms with Crippen LogP contribution >= 0.6 is 24.0 Å². The average Bonchev–Trinajstić information content (AvgIpc) is 3.38. The molecule has 0 radical (unpaired) electrons. The van der Waals surface area contributed by atoms with Gasteiger partial charge in [-0.3, -0.25) is 0 Å². The molecule has 0 bridgehead atoms. The molecule has 1 fully saturated rings. The molecule has 0 saturated carbocycles. The number of hydrogen-bond donors (Lipinski definition) is 1. The van der Waals surface area contributed by atoms with E-state index in [2.05, 4.69) is 63.7 Å². The number of anilines is 1. The Morgan fingerprint density at radius 1 is 1.26 bits per heavy atom. The molecule has 0 spiro atoms. The maximum absolute atomic E-state index is 5.54. The lowest BCUT2D eigenvalue weighted by molar-refractivity contribution is 0.181. The number of ether oxygens (including phenoxy) is 1. The number of rotatable bonds is 9. The second-order valence-electron chi connectivity index (χ2n) is 8.01. The minimum absolute atomic E-state index is 0. The molecule has 1 aromatic heterocycles. The number of halogens is 1. The fourth-order valence-electron chi connectivity index (χ4n) is 3.57. The first-order valence-electron chi connectivity index (χ1n) is 10.7. The molecule has 1 N–H and O–H groups in total. The maximum atomic E-state index is 5.54. The summed E-state index contributed by atoms with van der Waals surface area (Å²) in [7, 11) is 6.21. The van der Waals surface area contributed by atoms with Crippen LogP contribution < -0.4 is 10.2 Å². The topological polar surface area (TPSA) is 70.8 Å². The van der Waals surface area contributed by atoms with Crippen molar-refractivity contribution in [1.29, 1.82) is 0 Å². The monoisotopic (exact) mass is 541 g/mol. The lowest BCUT2D eigenvalue weighted by atomic mass is 10.1. The van der Waals surface area contributed by atoms with Gasteiger partial charge in [0.2, 0.25) is 0 Å². The molecule has 3 rings (SSSR count). The number of benzene rings is 1. The molecule has 0 aliphatic carbocycles. The maximum Gasteiger partial charge on any atom is 0.194 e. The molecule has 1 saturated heterocycles. The van der Waals surface area contributed by atoms with E-state index in [4.69, 9.17) is 9.73 Å². The average molecular weight is 541 g/mol. The van der Waals surface area contributed by atoms with Gasteiger partial charge in [0.1, 0.15) is 12.4 Å². The van der Waals surface area contributed by atoms with E-state index >= 15 is 0 Å². The van der Waals surface area contributed by atoms with Crippen molar-refractivity contribution in [1.82, 2.24) is 25.0 Å². The van der Waals surface area contributed by atoms with E-state index in [-0.39, 0.29) is 24.0 Å². The summed E-state index contributed by atoms with van der Waals surface area (Å²) in [4.78, 5) is 9.33. The van der Waals surface area contributed by atoms with Crippen LogP contribution in [-0.4, -0.2) is 72.6 Å². The Bertz CT molecular complexity index is 805. The van der Waals surface area contributed by atoms with Crippen molar-refractivity contribution in [3.63, 3.8) is 0 Å². The van der Waals surface area contributed by atoms with Crippen molar-refractivity contribution in [2.45, 2.75) is 26.3 Å². The molecule has 172 valence electrons. The van der Waals surface area contributed by atoms with E-state index in [0.717, 1.165) is 63.3 Å². The van der Waals surface area contributed by atoms with Gasteiger partial charge in [-0.25, -0.2) is 4.99 Å². The highest BCUT2D eigenvalue weighted by Crippen LogP contribution is 2.14. The van der Waals surface area contributed by atoms with Gasteiger partial charge < -0.3 is 24.4 Å². The van der Waals surface area contributed by atoms with Gasteiger partial charge in [0.15, 0.2) is 11.8 Å². The minimum atomic E-state index is 0. The Balaban J connectivity index is 0.00000341. The number of para-hydroxylation sites is 1. The number of hydrogen-bond acceptors (Lipinski definition) is 5. The molecule has 8 nitrogen and oxygen atoms in total. The van der Waals surface area contributed by atoms with Crippen LogP contribution in [0.2, 0.25) is 0 Å². The lowest BCUT2D eigenvalue weighted by Crippen LogP contribution is -2.42. The molecular weight excluding hydrogens is 505 g/mol. The van der Waals surface area contributed by atoms with Gasteiger partial charge in [-0.05, 0) is 31.9 Å². The van der Waals surface area contributed by atoms with Gasteiger partial charge in [0.05, 0.1) is 6.61 Å². The van der Waals surface area contributed by atoms with Crippen LogP contribution in [0.1, 0.15) is 24.5 Å². The van der Waals surface area contributed by atoms with Gasteiger partial charge in [-0.15, -0.1) is 34.2 Å². The Morgan fingerprint density at radius 3 is 2.68 bits per heavy atom. The van der Waals surface area contributed by atoms with E-state index in [9.17, 15) is 0 Å². The highest BCUT2D eigenvalue weighted by atomic mass is 127. The summed E-state index contributed by atoms with van der Waals surface area (Å²) in [5.41, 5.74) is 1.24. The largest absolute Gasteiger partial charge is 0.381 e. The zero-order chi connectivity index (χ0) is 21.3. The molecule has 1 unspecified atom stereocenters. The van der Waals surface area contributed by atoms with Crippen molar-refractivity contribution in [3.8, 4) is 0 Å². The van der Waals surface area contributed by atoms with Crippen LogP contribution in [0.4, 0.5) is 5.69 Å². The first kappa shape index (κ1) is 25.4. The molecule has 9 heteroatoms. The fraction of sp³-hybridized carbons (Fsp3) is 0.591. The third-order valence-corrected chi connectivity index (χ3v) is 5.62. The normalized spacial score (nSPS) is 16.1. The standard InChI is InChI=1S/C22H35N7O.HI/c1-18-25-26-21(29(18)4)15-24-22(28(3)16-19-11-14-30-17-19)23-12-8-13-27(2)20-9-6-5-7-10-20;/h5-7,9-10,19H,8,11-17H2,1-4H3,(H,23,24);1H. The van der Waals surface area contributed by atoms with Crippen molar-refractivity contribution >= 4 is 35.6 Å². The Labute approximate surface area is 203 Å². The van der Waals surface area contributed by atoms with Crippen LogP contribution in [0.5, 0.6) is 0 Å². The lowest BCUT2D eigenvalue weighted by Gasteiger charge is -2.25. The number of nitrogens with one attached hydrogen (secondary N) is 1. The zero-order valence-electron chi connectivity index (χ0n) is 19.1. The van der Waals surface area contributed by atoms with Gasteiger partial charge in [0.25, 0.3) is 0 Å². The highest BCUT2D eigenvalue weighted by Gasteiger charge is 2.19. The summed E-state index contributed by atoms with van der Waals surface area (Å²) >= 11 is 0. The molecule has 31 heavy (non-hydrogen) atoms. The van der Waals surface area contributed by atoms with Gasteiger partial charge >= 0.3 is 0 Å². The van der Waals surface area contributed by atoms with Gasteiger partial charge in [0, 0.05) is 59.0 Å². The Morgan fingerprint density at radius 2 is 2.03 bits per heavy atom. The van der Waals surface area contributed by atoms with Crippen LogP contribution in [0.3, 0.4) is 0 Å². The molecule has 1 atom stereocenters. The molecule has 2 aromatic rings. The fourth-order valence-corrected chi connectivity index (χ4v) is 3.57. The van der Waals surface area contributed by atoms with Gasteiger partial charge in [-0.2, -0.15) is 0 Å². The summed E-state index contributed by atoms with van der Waals surface area (Å²) in [5, 5.41) is 11.9. The van der Waals surface area contributed by atoms with Crippen molar-refractivity contribution in [2.75, 3.05) is 51.8 Å². The van der Waals surface area contributed by atoms with E-state index in [0.29, 0.717) is 12.5 Å². The van der Waals surface area contributed by atoms with Crippen LogP contribution in [0.15, 0.2) is 35.3 Å². The predicted octanol–water partition coefficient (Wildman–Crippen LogP) is 2.68. The SMILES string of the molecule is Cc1nnc(CN=C(NCCCN(C)c2ccccc2)N(C)CC2CCOC2)n1C.I. The molecule has 0 amide bonds. The highest BCUT2D eigenvalue weighted by molar-refractivity contribution is 14.0. The molecule has 1 aliphatic rings. The van der Waals surface area contributed by atoms with Gasteiger partial charge in [-0.1, -0.05) is 18.2 Å². The summed E-state index contributed by atoms with van der Waals surface area (Å²) in [6.07, 6.45) is 2.13. The predicted molar refractivity (Wildman–Crippen MR) is 136 cm³/mol. The first-order chi connectivity index (χ1) is 14.5. The van der Waals surface area contributed by atoms with Crippen LogP contribution in [0, 0.1) is 12.8 Å². The van der Waals surface area contributed by atoms with E-state index < -0.39 is 0 Å². The molecule has 1 aliphatic heterocycles.